The molecule has 0 saturated carbocycles. The molecule has 0 aliphatic heterocycles. The van der Waals surface area contributed by atoms with Crippen molar-refractivity contribution >= 4 is 32.9 Å². The smallest absolute Gasteiger partial charge is 0.269 e. The number of thiazole rings is 1. The molecule has 0 aliphatic rings. The third-order valence-corrected chi connectivity index (χ3v) is 4.56. The van der Waals surface area contributed by atoms with Crippen molar-refractivity contribution in [2.75, 3.05) is 5.01 Å². The molecule has 2 aromatic heterocycles. The summed E-state index contributed by atoms with van der Waals surface area (Å²) in [7, 11) is 0. The molecule has 0 bridgehead atoms. The van der Waals surface area contributed by atoms with E-state index in [9.17, 15) is 10.1 Å². The van der Waals surface area contributed by atoms with Crippen molar-refractivity contribution in [1.29, 1.82) is 0 Å². The van der Waals surface area contributed by atoms with Gasteiger partial charge < -0.3 is 0 Å². The van der Waals surface area contributed by atoms with Gasteiger partial charge in [-0.25, -0.2) is 9.66 Å². The Morgan fingerprint density at radius 1 is 1.12 bits per heavy atom. The Balaban J connectivity index is 1.69. The molecule has 0 aliphatic carbocycles. The van der Waals surface area contributed by atoms with Gasteiger partial charge in [0.1, 0.15) is 12.7 Å². The lowest BCUT2D eigenvalue weighted by Gasteiger charge is -2.24. The van der Waals surface area contributed by atoms with Gasteiger partial charge in [-0.3, -0.25) is 15.1 Å². The van der Waals surface area contributed by atoms with E-state index in [1.807, 2.05) is 22.7 Å². The molecule has 0 fully saturated rings. The molecule has 2 heterocycles. The highest BCUT2D eigenvalue weighted by molar-refractivity contribution is 7.16. The molecular formula is C16H12N6O2S. The zero-order valence-electron chi connectivity index (χ0n) is 12.9. The van der Waals surface area contributed by atoms with Crippen LogP contribution in [0.2, 0.25) is 0 Å². The summed E-state index contributed by atoms with van der Waals surface area (Å²) in [6, 6.07) is 12.5. The number of nitrogens with zero attached hydrogens (tertiary/aromatic N) is 6. The lowest BCUT2D eigenvalue weighted by atomic mass is 10.2. The van der Waals surface area contributed by atoms with E-state index in [0.717, 1.165) is 21.5 Å². The molecule has 0 N–H and O–H groups in total. The zero-order chi connectivity index (χ0) is 17.2. The molecule has 8 nitrogen and oxygen atoms in total. The van der Waals surface area contributed by atoms with E-state index in [0.29, 0.717) is 6.54 Å². The first-order valence-corrected chi connectivity index (χ1v) is 8.28. The van der Waals surface area contributed by atoms with E-state index in [4.69, 9.17) is 0 Å². The third kappa shape index (κ3) is 3.04. The van der Waals surface area contributed by atoms with E-state index in [-0.39, 0.29) is 5.69 Å². The summed E-state index contributed by atoms with van der Waals surface area (Å²) in [6.45, 7) is 0.559. The van der Waals surface area contributed by atoms with Gasteiger partial charge >= 0.3 is 0 Å². The fourth-order valence-corrected chi connectivity index (χ4v) is 3.28. The predicted octanol–water partition coefficient (Wildman–Crippen LogP) is 3.27. The van der Waals surface area contributed by atoms with Gasteiger partial charge in [0.2, 0.25) is 0 Å². The number of hydrogen-bond donors (Lipinski definition) is 0. The van der Waals surface area contributed by atoms with Crippen molar-refractivity contribution in [3.05, 3.63) is 76.3 Å². The molecule has 0 amide bonds. The predicted molar refractivity (Wildman–Crippen MR) is 94.3 cm³/mol. The van der Waals surface area contributed by atoms with Crippen LogP contribution < -0.4 is 5.01 Å². The second-order valence-corrected chi connectivity index (χ2v) is 6.21. The minimum Gasteiger partial charge on any atom is -0.274 e. The van der Waals surface area contributed by atoms with Crippen LogP contribution in [-0.4, -0.2) is 24.8 Å². The van der Waals surface area contributed by atoms with Gasteiger partial charge in [0.25, 0.3) is 5.69 Å². The molecule has 4 aromatic rings. The SMILES string of the molecule is O=[N+]([O-])c1ccc(N(Cc2ccc3ncsc3c2)n2cnnc2)cc1. The number of hydrogen-bond acceptors (Lipinski definition) is 7. The number of nitro benzene ring substituents is 1. The molecule has 0 spiro atoms. The summed E-state index contributed by atoms with van der Waals surface area (Å²) in [4.78, 5) is 14.7. The normalized spacial score (nSPS) is 10.9. The lowest BCUT2D eigenvalue weighted by molar-refractivity contribution is -0.384. The van der Waals surface area contributed by atoms with Gasteiger partial charge in [-0.1, -0.05) is 6.07 Å². The Kier molecular flexibility index (Phi) is 3.82. The summed E-state index contributed by atoms with van der Waals surface area (Å²) < 4.78 is 2.86. The van der Waals surface area contributed by atoms with Gasteiger partial charge in [0, 0.05) is 12.1 Å². The van der Waals surface area contributed by atoms with E-state index in [2.05, 4.69) is 21.2 Å². The van der Waals surface area contributed by atoms with Gasteiger partial charge in [0.15, 0.2) is 0 Å². The zero-order valence-corrected chi connectivity index (χ0v) is 13.7. The first kappa shape index (κ1) is 15.2. The largest absolute Gasteiger partial charge is 0.274 e. The first-order valence-electron chi connectivity index (χ1n) is 7.40. The molecular weight excluding hydrogens is 340 g/mol. The van der Waals surface area contributed by atoms with E-state index >= 15 is 0 Å². The highest BCUT2D eigenvalue weighted by Crippen LogP contribution is 2.24. The number of nitro groups is 1. The van der Waals surface area contributed by atoms with Crippen LogP contribution in [0.5, 0.6) is 0 Å². The maximum atomic E-state index is 10.9. The molecule has 124 valence electrons. The van der Waals surface area contributed by atoms with Gasteiger partial charge in [-0.05, 0) is 29.8 Å². The average Bonchev–Trinajstić information content (AvgIpc) is 3.31. The molecule has 9 heteroatoms. The molecule has 2 aromatic carbocycles. The van der Waals surface area contributed by atoms with Crippen molar-refractivity contribution in [2.24, 2.45) is 0 Å². The quantitative estimate of drug-likeness (QED) is 0.404. The standard InChI is InChI=1S/C16H12N6O2S/c23-22(24)14-4-2-13(3-5-14)21(20-9-18-19-10-20)8-12-1-6-15-16(7-12)25-11-17-15/h1-7,9-11H,8H2. The van der Waals surface area contributed by atoms with Gasteiger partial charge in [-0.15, -0.1) is 21.5 Å². The molecule has 0 atom stereocenters. The van der Waals surface area contributed by atoms with Crippen molar-refractivity contribution in [3.8, 4) is 0 Å². The summed E-state index contributed by atoms with van der Waals surface area (Å²) in [5.41, 5.74) is 4.74. The van der Waals surface area contributed by atoms with Crippen molar-refractivity contribution in [3.63, 3.8) is 0 Å². The van der Waals surface area contributed by atoms with Crippen LogP contribution in [0.3, 0.4) is 0 Å². The monoisotopic (exact) mass is 352 g/mol. The molecule has 4 rings (SSSR count). The maximum absolute atomic E-state index is 10.9. The number of benzene rings is 2. The fraction of sp³-hybridized carbons (Fsp3) is 0.0625. The van der Waals surface area contributed by atoms with Crippen LogP contribution in [0, 0.1) is 10.1 Å². The van der Waals surface area contributed by atoms with Crippen LogP contribution in [-0.2, 0) is 6.54 Å². The number of anilines is 1. The molecule has 0 unspecified atom stereocenters. The minimum atomic E-state index is -0.412. The summed E-state index contributed by atoms with van der Waals surface area (Å²) in [6.07, 6.45) is 3.18. The number of rotatable bonds is 5. The number of fused-ring (bicyclic) bond motifs is 1. The Morgan fingerprint density at radius 3 is 2.60 bits per heavy atom. The van der Waals surface area contributed by atoms with Crippen LogP contribution >= 0.6 is 11.3 Å². The Morgan fingerprint density at radius 2 is 1.88 bits per heavy atom. The highest BCUT2D eigenvalue weighted by atomic mass is 32.1. The van der Waals surface area contributed by atoms with Crippen molar-refractivity contribution in [2.45, 2.75) is 6.54 Å². The fourth-order valence-electron chi connectivity index (χ4n) is 2.54. The first-order chi connectivity index (χ1) is 12.2. The Bertz CT molecular complexity index is 1010. The number of aromatic nitrogens is 4. The van der Waals surface area contributed by atoms with Gasteiger partial charge in [0.05, 0.1) is 32.9 Å². The van der Waals surface area contributed by atoms with Gasteiger partial charge in [-0.2, -0.15) is 0 Å². The second kappa shape index (κ2) is 6.29. The van der Waals surface area contributed by atoms with Crippen LogP contribution in [0.4, 0.5) is 11.4 Å². The Labute approximate surface area is 146 Å². The van der Waals surface area contributed by atoms with E-state index in [1.54, 1.807) is 40.8 Å². The molecule has 0 radical (unpaired) electrons. The average molecular weight is 352 g/mol. The lowest BCUT2D eigenvalue weighted by Crippen LogP contribution is -2.27. The van der Waals surface area contributed by atoms with Crippen LogP contribution in [0.25, 0.3) is 10.2 Å². The van der Waals surface area contributed by atoms with Crippen LogP contribution in [0.1, 0.15) is 5.56 Å². The van der Waals surface area contributed by atoms with Crippen molar-refractivity contribution < 1.29 is 4.92 Å². The minimum absolute atomic E-state index is 0.0542. The second-order valence-electron chi connectivity index (χ2n) is 5.33. The maximum Gasteiger partial charge on any atom is 0.269 e. The van der Waals surface area contributed by atoms with Crippen LogP contribution in [0.15, 0.2) is 60.6 Å². The number of non-ortho nitro benzene ring substituents is 1. The summed E-state index contributed by atoms with van der Waals surface area (Å²) in [5.74, 6) is 0. The molecule has 25 heavy (non-hydrogen) atoms. The third-order valence-electron chi connectivity index (χ3n) is 3.77. The Hall–Kier alpha value is -3.33. The summed E-state index contributed by atoms with van der Waals surface area (Å²) in [5, 5.41) is 20.5. The van der Waals surface area contributed by atoms with E-state index in [1.165, 1.54) is 12.1 Å². The van der Waals surface area contributed by atoms with Crippen molar-refractivity contribution in [1.82, 2.24) is 19.9 Å². The van der Waals surface area contributed by atoms with E-state index < -0.39 is 4.92 Å². The summed E-state index contributed by atoms with van der Waals surface area (Å²) >= 11 is 1.59. The molecule has 0 saturated heterocycles. The topological polar surface area (TPSA) is 90.0 Å². The highest BCUT2D eigenvalue weighted by Gasteiger charge is 2.13.